The summed E-state index contributed by atoms with van der Waals surface area (Å²) < 4.78 is 77.3. The van der Waals surface area contributed by atoms with Crippen LogP contribution in [0.2, 0.25) is 0 Å². The Morgan fingerprint density at radius 1 is 0.868 bits per heavy atom. The lowest BCUT2D eigenvalue weighted by molar-refractivity contribution is -0.144. The number of hydrogen-bond acceptors (Lipinski definition) is 6. The fourth-order valence-corrected chi connectivity index (χ4v) is 3.49. The van der Waals surface area contributed by atoms with Crippen molar-refractivity contribution in [3.63, 3.8) is 0 Å². The van der Waals surface area contributed by atoms with Gasteiger partial charge >= 0.3 is 24.2 Å². The lowest BCUT2D eigenvalue weighted by Gasteiger charge is -2.23. The molecule has 0 spiro atoms. The van der Waals surface area contributed by atoms with Crippen LogP contribution in [-0.4, -0.2) is 36.9 Å². The van der Waals surface area contributed by atoms with Crippen molar-refractivity contribution < 1.29 is 35.9 Å². The number of alkyl halides is 6. The molecule has 0 fully saturated rings. The quantitative estimate of drug-likeness (QED) is 0.259. The Morgan fingerprint density at radius 2 is 1.53 bits per heavy atom. The van der Waals surface area contributed by atoms with Crippen molar-refractivity contribution in [2.45, 2.75) is 25.4 Å². The zero-order valence-electron chi connectivity index (χ0n) is 19.1. The predicted octanol–water partition coefficient (Wildman–Crippen LogP) is 4.14. The van der Waals surface area contributed by atoms with E-state index in [1.54, 1.807) is 0 Å². The van der Waals surface area contributed by atoms with Crippen LogP contribution in [0.1, 0.15) is 22.4 Å². The van der Waals surface area contributed by atoms with E-state index in [2.05, 4.69) is 25.5 Å². The first kappa shape index (κ1) is 26.4. The minimum atomic E-state index is -4.68. The molecule has 4 aromatic rings. The van der Waals surface area contributed by atoms with Gasteiger partial charge in [0.05, 0.1) is 34.5 Å². The average Bonchev–Trinajstić information content (AvgIpc) is 3.36. The summed E-state index contributed by atoms with van der Waals surface area (Å²) in [5.41, 5.74) is 4.44. The maximum Gasteiger partial charge on any atom is 0.433 e. The SMILES string of the molecule is Nc1ncc(NC(=O)C(=O)N(Cc2ccc(C(F)(F)F)cc2)Cc2ccc(C(F)(F)F)nc2)c2[nH]ncc12. The van der Waals surface area contributed by atoms with E-state index in [1.165, 1.54) is 12.4 Å². The van der Waals surface area contributed by atoms with Crippen LogP contribution in [0, 0.1) is 0 Å². The Hall–Kier alpha value is -4.69. The van der Waals surface area contributed by atoms with Crippen LogP contribution in [0.4, 0.5) is 37.8 Å². The third-order valence-corrected chi connectivity index (χ3v) is 5.39. The van der Waals surface area contributed by atoms with E-state index in [1.807, 2.05) is 0 Å². The highest BCUT2D eigenvalue weighted by Crippen LogP contribution is 2.30. The first-order chi connectivity index (χ1) is 17.8. The normalized spacial score (nSPS) is 11.9. The van der Waals surface area contributed by atoms with Crippen LogP contribution in [0.5, 0.6) is 0 Å². The van der Waals surface area contributed by atoms with Crippen molar-refractivity contribution in [3.05, 3.63) is 77.4 Å². The lowest BCUT2D eigenvalue weighted by atomic mass is 10.1. The van der Waals surface area contributed by atoms with Gasteiger partial charge in [0.2, 0.25) is 0 Å². The molecule has 0 saturated heterocycles. The van der Waals surface area contributed by atoms with Crippen LogP contribution in [0.3, 0.4) is 0 Å². The van der Waals surface area contributed by atoms with Gasteiger partial charge in [0.1, 0.15) is 11.5 Å². The summed E-state index contributed by atoms with van der Waals surface area (Å²) in [5.74, 6) is -2.13. The molecule has 1 aromatic carbocycles. The second-order valence-corrected chi connectivity index (χ2v) is 8.08. The number of benzene rings is 1. The number of H-pyrrole nitrogens is 1. The molecule has 198 valence electrons. The Labute approximate surface area is 209 Å². The van der Waals surface area contributed by atoms with Crippen LogP contribution < -0.4 is 11.1 Å². The van der Waals surface area contributed by atoms with Gasteiger partial charge in [-0.2, -0.15) is 31.4 Å². The van der Waals surface area contributed by atoms with Gasteiger partial charge in [0, 0.05) is 19.3 Å². The summed E-state index contributed by atoms with van der Waals surface area (Å²) in [5, 5.41) is 9.18. The van der Waals surface area contributed by atoms with Crippen molar-refractivity contribution in [2.75, 3.05) is 11.1 Å². The van der Waals surface area contributed by atoms with Gasteiger partial charge in [0.15, 0.2) is 0 Å². The van der Waals surface area contributed by atoms with Gasteiger partial charge in [-0.15, -0.1) is 0 Å². The molecule has 3 heterocycles. The van der Waals surface area contributed by atoms with Crippen molar-refractivity contribution in [3.8, 4) is 0 Å². The number of fused-ring (bicyclic) bond motifs is 1. The maximum absolute atomic E-state index is 13.1. The van der Waals surface area contributed by atoms with Crippen molar-refractivity contribution in [1.29, 1.82) is 0 Å². The number of nitrogens with one attached hydrogen (secondary N) is 2. The number of amides is 2. The van der Waals surface area contributed by atoms with Crippen LogP contribution in [-0.2, 0) is 35.0 Å². The number of carbonyl (C=O) groups is 2. The molecule has 0 bridgehead atoms. The Morgan fingerprint density at radius 3 is 2.13 bits per heavy atom. The number of nitrogens with zero attached hydrogens (tertiary/aromatic N) is 4. The van der Waals surface area contributed by atoms with Gasteiger partial charge in [-0.05, 0) is 29.3 Å². The van der Waals surface area contributed by atoms with E-state index in [4.69, 9.17) is 5.73 Å². The summed E-state index contributed by atoms with van der Waals surface area (Å²) in [6.45, 7) is -0.692. The summed E-state index contributed by atoms with van der Waals surface area (Å²) in [7, 11) is 0. The molecule has 0 aliphatic heterocycles. The van der Waals surface area contributed by atoms with Crippen molar-refractivity contribution in [2.24, 2.45) is 0 Å². The molecule has 0 aliphatic rings. The van der Waals surface area contributed by atoms with Crippen LogP contribution in [0.15, 0.2) is 55.0 Å². The van der Waals surface area contributed by atoms with E-state index >= 15 is 0 Å². The largest absolute Gasteiger partial charge is 0.433 e. The Balaban J connectivity index is 1.59. The number of carbonyl (C=O) groups excluding carboxylic acids is 2. The number of halogens is 6. The van der Waals surface area contributed by atoms with E-state index in [9.17, 15) is 35.9 Å². The highest BCUT2D eigenvalue weighted by molar-refractivity contribution is 6.40. The number of nitrogen functional groups attached to an aromatic ring is 1. The average molecular weight is 537 g/mol. The number of aromatic nitrogens is 4. The molecule has 38 heavy (non-hydrogen) atoms. The van der Waals surface area contributed by atoms with Crippen LogP contribution in [0.25, 0.3) is 10.9 Å². The van der Waals surface area contributed by atoms with E-state index in [0.717, 1.165) is 41.4 Å². The second kappa shape index (κ2) is 9.99. The van der Waals surface area contributed by atoms with Gasteiger partial charge in [-0.25, -0.2) is 4.98 Å². The smallest absolute Gasteiger partial charge is 0.383 e. The Bertz CT molecular complexity index is 1410. The molecule has 0 unspecified atom stereocenters. The van der Waals surface area contributed by atoms with Crippen molar-refractivity contribution >= 4 is 34.2 Å². The molecular formula is C23H17F6N7O2. The predicted molar refractivity (Wildman–Crippen MR) is 122 cm³/mol. The van der Waals surface area contributed by atoms with Gasteiger partial charge in [-0.1, -0.05) is 18.2 Å². The molecule has 2 amide bonds. The molecule has 15 heteroatoms. The molecule has 3 aromatic heterocycles. The van der Waals surface area contributed by atoms with E-state index in [0.29, 0.717) is 17.0 Å². The summed E-state index contributed by atoms with van der Waals surface area (Å²) >= 11 is 0. The first-order valence-electron chi connectivity index (χ1n) is 10.7. The molecular weight excluding hydrogens is 520 g/mol. The summed E-state index contributed by atoms with van der Waals surface area (Å²) in [6.07, 6.45) is -5.80. The number of aromatic amines is 1. The molecule has 0 atom stereocenters. The molecule has 9 nitrogen and oxygen atoms in total. The third kappa shape index (κ3) is 5.82. The standard InChI is InChI=1S/C23H17F6N7O2/c24-22(25,26)14-4-1-12(2-5-14)10-36(11-13-3-6-17(31-7-13)23(27,28)29)21(38)20(37)34-16-9-32-19(30)15-8-33-35-18(15)16/h1-9H,10-11H2,(H2,30,32)(H,33,35)(H,34,37). The number of hydrogen-bond donors (Lipinski definition) is 3. The topological polar surface area (TPSA) is 130 Å². The number of anilines is 2. The fourth-order valence-electron chi connectivity index (χ4n) is 3.49. The van der Waals surface area contributed by atoms with E-state index in [-0.39, 0.29) is 35.7 Å². The first-order valence-corrected chi connectivity index (χ1v) is 10.7. The molecule has 4 N–H and O–H groups in total. The fraction of sp³-hybridized carbons (Fsp3) is 0.174. The molecule has 0 aliphatic carbocycles. The second-order valence-electron chi connectivity index (χ2n) is 8.08. The van der Waals surface area contributed by atoms with Crippen LogP contribution >= 0.6 is 0 Å². The van der Waals surface area contributed by atoms with Gasteiger partial charge < -0.3 is 16.0 Å². The minimum absolute atomic E-state index is 0.0794. The van der Waals surface area contributed by atoms with Gasteiger partial charge in [-0.3, -0.25) is 19.7 Å². The molecule has 4 rings (SSSR count). The zero-order valence-corrected chi connectivity index (χ0v) is 19.1. The monoisotopic (exact) mass is 537 g/mol. The van der Waals surface area contributed by atoms with Gasteiger partial charge in [0.25, 0.3) is 0 Å². The minimum Gasteiger partial charge on any atom is -0.383 e. The number of pyridine rings is 2. The maximum atomic E-state index is 13.1. The molecule has 0 radical (unpaired) electrons. The summed E-state index contributed by atoms with van der Waals surface area (Å²) in [4.78, 5) is 34.2. The highest BCUT2D eigenvalue weighted by Gasteiger charge is 2.33. The van der Waals surface area contributed by atoms with E-state index < -0.39 is 35.4 Å². The summed E-state index contributed by atoms with van der Waals surface area (Å²) in [6, 6.07) is 5.68. The Kier molecular flexibility index (Phi) is 6.93. The lowest BCUT2D eigenvalue weighted by Crippen LogP contribution is -2.39. The number of nitrogens with two attached hydrogens (primary N) is 1. The highest BCUT2D eigenvalue weighted by atomic mass is 19.4. The third-order valence-electron chi connectivity index (χ3n) is 5.39. The molecule has 0 saturated carbocycles. The van der Waals surface area contributed by atoms with Crippen molar-refractivity contribution in [1.82, 2.24) is 25.1 Å². The zero-order chi connectivity index (χ0) is 27.7. The number of rotatable bonds is 5.